The van der Waals surface area contributed by atoms with E-state index in [1.807, 2.05) is 0 Å². The van der Waals surface area contributed by atoms with Crippen molar-refractivity contribution in [2.24, 2.45) is 0 Å². The van der Waals surface area contributed by atoms with Gasteiger partial charge in [0.1, 0.15) is 0 Å². The van der Waals surface area contributed by atoms with Gasteiger partial charge in [0.15, 0.2) is 0 Å². The second-order valence-corrected chi connectivity index (χ2v) is 6.11. The predicted octanol–water partition coefficient (Wildman–Crippen LogP) is 2.02. The molecule has 2 rings (SSSR count). The van der Waals surface area contributed by atoms with Crippen LogP contribution in [-0.4, -0.2) is 48.8 Å². The van der Waals surface area contributed by atoms with Crippen LogP contribution in [0.1, 0.15) is 46.5 Å². The number of hydrogen-bond acceptors (Lipinski definition) is 3. The second-order valence-electron chi connectivity index (χ2n) is 6.11. The first kappa shape index (κ1) is 13.3. The molecule has 1 N–H and O–H groups in total. The van der Waals surface area contributed by atoms with Crippen molar-refractivity contribution in [3.05, 3.63) is 0 Å². The molecule has 1 saturated heterocycles. The van der Waals surface area contributed by atoms with Gasteiger partial charge in [0.05, 0.1) is 5.60 Å². The lowest BCUT2D eigenvalue weighted by atomic mass is 9.94. The van der Waals surface area contributed by atoms with Crippen molar-refractivity contribution >= 4 is 0 Å². The molecule has 3 nitrogen and oxygen atoms in total. The third-order valence-corrected chi connectivity index (χ3v) is 4.00. The number of rotatable bonds is 6. The zero-order valence-corrected chi connectivity index (χ0v) is 11.7. The van der Waals surface area contributed by atoms with Gasteiger partial charge in [-0.05, 0) is 46.1 Å². The summed E-state index contributed by atoms with van der Waals surface area (Å²) >= 11 is 0. The fourth-order valence-electron chi connectivity index (χ4n) is 2.86. The second kappa shape index (κ2) is 5.68. The van der Waals surface area contributed by atoms with E-state index in [1.165, 1.54) is 32.4 Å². The molecular formula is C14H28N2O. The summed E-state index contributed by atoms with van der Waals surface area (Å²) in [4.78, 5) is 2.61. The minimum absolute atomic E-state index is 0.0663. The van der Waals surface area contributed by atoms with Gasteiger partial charge in [-0.2, -0.15) is 0 Å². The van der Waals surface area contributed by atoms with Crippen LogP contribution in [0.3, 0.4) is 0 Å². The Morgan fingerprint density at radius 1 is 1.29 bits per heavy atom. The average Bonchev–Trinajstić information content (AvgIpc) is 3.07. The largest absolute Gasteiger partial charge is 0.375 e. The Hall–Kier alpha value is -0.120. The van der Waals surface area contributed by atoms with Gasteiger partial charge >= 0.3 is 0 Å². The molecule has 1 heterocycles. The monoisotopic (exact) mass is 240 g/mol. The molecule has 3 heteroatoms. The van der Waals surface area contributed by atoms with E-state index in [9.17, 15) is 0 Å². The molecular weight excluding hydrogens is 212 g/mol. The molecule has 1 saturated carbocycles. The Kier molecular flexibility index (Phi) is 4.45. The smallest absolute Gasteiger partial charge is 0.0641 e. The summed E-state index contributed by atoms with van der Waals surface area (Å²) in [5.74, 6) is 0. The number of nitrogens with one attached hydrogen (secondary N) is 1. The van der Waals surface area contributed by atoms with Crippen LogP contribution in [0, 0.1) is 0 Å². The van der Waals surface area contributed by atoms with Crippen molar-refractivity contribution in [3.63, 3.8) is 0 Å². The maximum absolute atomic E-state index is 5.74. The highest BCUT2D eigenvalue weighted by molar-refractivity contribution is 4.86. The van der Waals surface area contributed by atoms with Crippen LogP contribution in [0.5, 0.6) is 0 Å². The molecule has 2 fully saturated rings. The van der Waals surface area contributed by atoms with Gasteiger partial charge in [-0.15, -0.1) is 0 Å². The number of ether oxygens (including phenoxy) is 1. The van der Waals surface area contributed by atoms with Gasteiger partial charge in [-0.3, -0.25) is 4.90 Å². The van der Waals surface area contributed by atoms with E-state index >= 15 is 0 Å². The Bertz CT molecular complexity index is 238. The lowest BCUT2D eigenvalue weighted by Gasteiger charge is -2.36. The van der Waals surface area contributed by atoms with Crippen molar-refractivity contribution in [2.75, 3.05) is 26.2 Å². The normalized spacial score (nSPS) is 28.6. The first-order chi connectivity index (χ1) is 8.11. The van der Waals surface area contributed by atoms with Crippen molar-refractivity contribution in [2.45, 2.75) is 64.1 Å². The predicted molar refractivity (Wildman–Crippen MR) is 71.3 cm³/mol. The van der Waals surface area contributed by atoms with Crippen molar-refractivity contribution < 1.29 is 4.74 Å². The van der Waals surface area contributed by atoms with E-state index in [1.54, 1.807) is 0 Å². The van der Waals surface area contributed by atoms with Crippen LogP contribution in [0.4, 0.5) is 0 Å². The Balaban J connectivity index is 1.64. The molecule has 2 aliphatic rings. The minimum Gasteiger partial charge on any atom is -0.375 e. The minimum atomic E-state index is 0.0663. The summed E-state index contributed by atoms with van der Waals surface area (Å²) in [6.07, 6.45) is 5.14. The lowest BCUT2D eigenvalue weighted by molar-refractivity contribution is -0.0629. The van der Waals surface area contributed by atoms with E-state index in [-0.39, 0.29) is 5.60 Å². The van der Waals surface area contributed by atoms with Gasteiger partial charge in [0, 0.05) is 31.8 Å². The third kappa shape index (κ3) is 4.23. The summed E-state index contributed by atoms with van der Waals surface area (Å²) in [5.41, 5.74) is 0.0663. The van der Waals surface area contributed by atoms with E-state index in [2.05, 4.69) is 31.0 Å². The van der Waals surface area contributed by atoms with Gasteiger partial charge in [0.25, 0.3) is 0 Å². The number of likely N-dealkylation sites (N-methyl/N-ethyl adjacent to an activating group) is 1. The topological polar surface area (TPSA) is 24.5 Å². The maximum atomic E-state index is 5.74. The molecule has 0 radical (unpaired) electrons. The SMILES string of the molecule is CCN(CCNC1CCOC(C)(C)C1)C1CC1. The lowest BCUT2D eigenvalue weighted by Crippen LogP contribution is -2.46. The van der Waals surface area contributed by atoms with Gasteiger partial charge < -0.3 is 10.1 Å². The molecule has 17 heavy (non-hydrogen) atoms. The Morgan fingerprint density at radius 2 is 2.06 bits per heavy atom. The molecule has 0 aromatic carbocycles. The third-order valence-electron chi connectivity index (χ3n) is 4.00. The zero-order chi connectivity index (χ0) is 12.3. The average molecular weight is 240 g/mol. The molecule has 0 aromatic heterocycles. The molecule has 0 aromatic rings. The van der Waals surface area contributed by atoms with Gasteiger partial charge in [0.2, 0.25) is 0 Å². The fraction of sp³-hybridized carbons (Fsp3) is 1.00. The van der Waals surface area contributed by atoms with Crippen LogP contribution in [0.2, 0.25) is 0 Å². The molecule has 1 atom stereocenters. The number of nitrogens with zero attached hydrogens (tertiary/aromatic N) is 1. The highest BCUT2D eigenvalue weighted by Gasteiger charge is 2.29. The summed E-state index contributed by atoms with van der Waals surface area (Å²) in [6, 6.07) is 1.55. The quantitative estimate of drug-likeness (QED) is 0.769. The zero-order valence-electron chi connectivity index (χ0n) is 11.7. The first-order valence-electron chi connectivity index (χ1n) is 7.22. The molecule has 0 amide bonds. The summed E-state index contributed by atoms with van der Waals surface area (Å²) in [5, 5.41) is 3.70. The first-order valence-corrected chi connectivity index (χ1v) is 7.22. The molecule has 0 bridgehead atoms. The van der Waals surface area contributed by atoms with Crippen LogP contribution in [0.25, 0.3) is 0 Å². The maximum Gasteiger partial charge on any atom is 0.0641 e. The van der Waals surface area contributed by atoms with Gasteiger partial charge in [-0.25, -0.2) is 0 Å². The Labute approximate surface area is 106 Å². The van der Waals surface area contributed by atoms with E-state index in [0.717, 1.165) is 25.6 Å². The molecule has 0 spiro atoms. The highest BCUT2D eigenvalue weighted by atomic mass is 16.5. The fourth-order valence-corrected chi connectivity index (χ4v) is 2.86. The van der Waals surface area contributed by atoms with Crippen molar-refractivity contribution in [1.29, 1.82) is 0 Å². The van der Waals surface area contributed by atoms with Crippen molar-refractivity contribution in [1.82, 2.24) is 10.2 Å². The summed E-state index contributed by atoms with van der Waals surface area (Å²) in [6.45, 7) is 11.1. The number of hydrogen-bond donors (Lipinski definition) is 1. The van der Waals surface area contributed by atoms with E-state index in [0.29, 0.717) is 6.04 Å². The molecule has 1 aliphatic heterocycles. The Morgan fingerprint density at radius 3 is 2.65 bits per heavy atom. The molecule has 1 aliphatic carbocycles. The van der Waals surface area contributed by atoms with Crippen LogP contribution in [-0.2, 0) is 4.74 Å². The van der Waals surface area contributed by atoms with Crippen LogP contribution >= 0.6 is 0 Å². The van der Waals surface area contributed by atoms with Crippen LogP contribution in [0.15, 0.2) is 0 Å². The standard InChI is InChI=1S/C14H28N2O/c1-4-16(13-5-6-13)9-8-15-12-7-10-17-14(2,3)11-12/h12-13,15H,4-11H2,1-3H3. The summed E-state index contributed by atoms with van der Waals surface area (Å²) < 4.78 is 5.74. The van der Waals surface area contributed by atoms with E-state index < -0.39 is 0 Å². The summed E-state index contributed by atoms with van der Waals surface area (Å²) in [7, 11) is 0. The highest BCUT2D eigenvalue weighted by Crippen LogP contribution is 2.26. The van der Waals surface area contributed by atoms with Gasteiger partial charge in [-0.1, -0.05) is 6.92 Å². The van der Waals surface area contributed by atoms with E-state index in [4.69, 9.17) is 4.74 Å². The molecule has 100 valence electrons. The van der Waals surface area contributed by atoms with Crippen molar-refractivity contribution in [3.8, 4) is 0 Å². The molecule has 1 unspecified atom stereocenters. The van der Waals surface area contributed by atoms with Crippen LogP contribution < -0.4 is 5.32 Å².